The molecule has 0 rings (SSSR count). The van der Waals surface area contributed by atoms with Crippen molar-refractivity contribution >= 4 is 5.97 Å². The average molecular weight is 207 g/mol. The van der Waals surface area contributed by atoms with Crippen molar-refractivity contribution in [3.63, 3.8) is 0 Å². The molecule has 0 bridgehead atoms. The number of hydrogen-bond donors (Lipinski definition) is 1. The van der Waals surface area contributed by atoms with Crippen LogP contribution in [0.4, 0.5) is 22.0 Å². The monoisotopic (exact) mass is 207 g/mol. The van der Waals surface area contributed by atoms with E-state index in [1.807, 2.05) is 0 Å². The molecule has 0 heterocycles. The van der Waals surface area contributed by atoms with E-state index >= 15 is 0 Å². The van der Waals surface area contributed by atoms with E-state index in [1.54, 1.807) is 0 Å². The Bertz CT molecular complexity index is 190. The first kappa shape index (κ1) is 12.1. The molecule has 0 aliphatic heterocycles. The summed E-state index contributed by atoms with van der Waals surface area (Å²) in [6, 6.07) is 0. The lowest BCUT2D eigenvalue weighted by molar-refractivity contribution is -0.280. The van der Waals surface area contributed by atoms with E-state index in [1.165, 1.54) is 0 Å². The Morgan fingerprint density at radius 1 is 1.23 bits per heavy atom. The molecule has 0 amide bonds. The van der Waals surface area contributed by atoms with Crippen LogP contribution >= 0.6 is 0 Å². The summed E-state index contributed by atoms with van der Waals surface area (Å²) < 4.78 is 61.8. The first-order valence-electron chi connectivity index (χ1n) is 3.05. The molecule has 0 saturated carbocycles. The Morgan fingerprint density at radius 2 is 1.69 bits per heavy atom. The lowest BCUT2D eigenvalue weighted by Gasteiger charge is -2.17. The predicted octanol–water partition coefficient (Wildman–Crippen LogP) is 0.686. The summed E-state index contributed by atoms with van der Waals surface area (Å²) in [6.07, 6.45) is -5.93. The minimum absolute atomic E-state index is 0.320. The topological polar surface area (TPSA) is 52.3 Å². The molecule has 0 spiro atoms. The Balaban J connectivity index is 4.37. The summed E-state index contributed by atoms with van der Waals surface area (Å²) in [5.41, 5.74) is 4.73. The third kappa shape index (κ3) is 2.79. The highest BCUT2D eigenvalue weighted by atomic mass is 19.4. The van der Waals surface area contributed by atoms with Gasteiger partial charge in [-0.2, -0.15) is 22.0 Å². The van der Waals surface area contributed by atoms with E-state index in [-0.39, 0.29) is 6.54 Å². The molecule has 0 aliphatic rings. The van der Waals surface area contributed by atoms with E-state index in [0.717, 1.165) is 0 Å². The number of nitrogens with two attached hydrogens (primary N) is 1. The summed E-state index contributed by atoms with van der Waals surface area (Å²) in [5.74, 6) is -8.10. The lowest BCUT2D eigenvalue weighted by atomic mass is 10.3. The molecule has 2 N–H and O–H groups in total. The zero-order valence-corrected chi connectivity index (χ0v) is 6.20. The third-order valence-corrected chi connectivity index (χ3v) is 0.963. The normalized spacial score (nSPS) is 12.8. The summed E-state index contributed by atoms with van der Waals surface area (Å²) in [5, 5.41) is 0. The van der Waals surface area contributed by atoms with Crippen molar-refractivity contribution in [1.82, 2.24) is 0 Å². The second-order valence-corrected chi connectivity index (χ2v) is 2.00. The smallest absolute Gasteiger partial charge is 0.460 e. The molecule has 8 heteroatoms. The summed E-state index contributed by atoms with van der Waals surface area (Å²) in [4.78, 5) is 10.1. The summed E-state index contributed by atoms with van der Waals surface area (Å²) >= 11 is 0. The predicted molar refractivity (Wildman–Crippen MR) is 31.0 cm³/mol. The van der Waals surface area contributed by atoms with Crippen LogP contribution in [0.5, 0.6) is 0 Å². The van der Waals surface area contributed by atoms with Crippen LogP contribution in [-0.2, 0) is 9.53 Å². The fourth-order valence-corrected chi connectivity index (χ4v) is 0.358. The molecule has 0 saturated heterocycles. The number of carbonyl (C=O) groups is 1. The quantitative estimate of drug-likeness (QED) is 0.547. The Kier molecular flexibility index (Phi) is 3.59. The van der Waals surface area contributed by atoms with Crippen molar-refractivity contribution in [3.05, 3.63) is 0 Å². The molecule has 3 nitrogen and oxygen atoms in total. The maximum absolute atomic E-state index is 12.0. The van der Waals surface area contributed by atoms with Gasteiger partial charge in [-0.25, -0.2) is 4.79 Å². The molecule has 78 valence electrons. The molecular weight excluding hydrogens is 201 g/mol. The minimum Gasteiger partial charge on any atom is -0.460 e. The van der Waals surface area contributed by atoms with Gasteiger partial charge in [0.25, 0.3) is 0 Å². The van der Waals surface area contributed by atoms with E-state index in [9.17, 15) is 26.7 Å². The van der Waals surface area contributed by atoms with Crippen LogP contribution in [-0.4, -0.2) is 31.2 Å². The minimum atomic E-state index is -5.93. The number of ether oxygens (including phenoxy) is 1. The van der Waals surface area contributed by atoms with E-state index in [2.05, 4.69) is 4.74 Å². The second-order valence-electron chi connectivity index (χ2n) is 2.00. The van der Waals surface area contributed by atoms with Gasteiger partial charge in [0.1, 0.15) is 6.61 Å². The van der Waals surface area contributed by atoms with Crippen molar-refractivity contribution in [1.29, 1.82) is 0 Å². The first-order chi connectivity index (χ1) is 5.73. The molecule has 13 heavy (non-hydrogen) atoms. The van der Waals surface area contributed by atoms with Crippen LogP contribution in [0.3, 0.4) is 0 Å². The van der Waals surface area contributed by atoms with Crippen LogP contribution in [0.15, 0.2) is 0 Å². The van der Waals surface area contributed by atoms with Gasteiger partial charge < -0.3 is 10.5 Å². The zero-order chi connectivity index (χ0) is 10.7. The van der Waals surface area contributed by atoms with Crippen molar-refractivity contribution in [3.8, 4) is 0 Å². The van der Waals surface area contributed by atoms with Crippen LogP contribution in [0.1, 0.15) is 0 Å². The van der Waals surface area contributed by atoms with Gasteiger partial charge >= 0.3 is 18.1 Å². The molecule has 0 aliphatic carbocycles. The Morgan fingerprint density at radius 3 is 2.00 bits per heavy atom. The molecule has 0 radical (unpaired) electrons. The SMILES string of the molecule is NCCOC(=O)C(F)(F)C(F)(F)F. The molecular formula is C5H6F5NO2. The van der Waals surface area contributed by atoms with E-state index in [4.69, 9.17) is 5.73 Å². The Labute approximate surface area is 69.6 Å². The van der Waals surface area contributed by atoms with E-state index in [0.29, 0.717) is 0 Å². The maximum atomic E-state index is 12.0. The molecule has 0 atom stereocenters. The number of halogens is 5. The number of esters is 1. The van der Waals surface area contributed by atoms with Crippen LogP contribution in [0, 0.1) is 0 Å². The largest absolute Gasteiger partial charge is 0.465 e. The highest BCUT2D eigenvalue weighted by Gasteiger charge is 2.64. The highest BCUT2D eigenvalue weighted by Crippen LogP contribution is 2.36. The number of alkyl halides is 5. The number of rotatable bonds is 3. The summed E-state index contributed by atoms with van der Waals surface area (Å²) in [7, 11) is 0. The number of carbonyl (C=O) groups excluding carboxylic acids is 1. The third-order valence-electron chi connectivity index (χ3n) is 0.963. The second kappa shape index (κ2) is 3.86. The Hall–Kier alpha value is -0.920. The van der Waals surface area contributed by atoms with Crippen molar-refractivity contribution in [2.24, 2.45) is 5.73 Å². The molecule has 0 unspecified atom stereocenters. The van der Waals surface area contributed by atoms with E-state index < -0.39 is 24.7 Å². The fourth-order valence-electron chi connectivity index (χ4n) is 0.358. The van der Waals surface area contributed by atoms with Crippen molar-refractivity contribution < 1.29 is 31.5 Å². The molecule has 0 aromatic rings. The van der Waals surface area contributed by atoms with Gasteiger partial charge in [-0.1, -0.05) is 0 Å². The standard InChI is InChI=1S/C5H6F5NO2/c6-4(7,5(8,9)10)3(12)13-2-1-11/h1-2,11H2. The van der Waals surface area contributed by atoms with Gasteiger partial charge in [0, 0.05) is 6.54 Å². The molecule has 0 aromatic heterocycles. The lowest BCUT2D eigenvalue weighted by Crippen LogP contribution is -2.45. The fraction of sp³-hybridized carbons (Fsp3) is 0.800. The maximum Gasteiger partial charge on any atom is 0.465 e. The molecule has 0 aromatic carbocycles. The van der Waals surface area contributed by atoms with Gasteiger partial charge in [-0.3, -0.25) is 0 Å². The van der Waals surface area contributed by atoms with Gasteiger partial charge in [0.15, 0.2) is 0 Å². The molecule has 0 fully saturated rings. The van der Waals surface area contributed by atoms with Gasteiger partial charge in [0.2, 0.25) is 0 Å². The van der Waals surface area contributed by atoms with Crippen molar-refractivity contribution in [2.75, 3.05) is 13.2 Å². The highest BCUT2D eigenvalue weighted by molar-refractivity contribution is 5.78. The zero-order valence-electron chi connectivity index (χ0n) is 6.20. The van der Waals surface area contributed by atoms with Crippen LogP contribution in [0.25, 0.3) is 0 Å². The summed E-state index contributed by atoms with van der Waals surface area (Å²) in [6.45, 7) is -0.996. The van der Waals surface area contributed by atoms with Crippen molar-refractivity contribution in [2.45, 2.75) is 12.1 Å². The van der Waals surface area contributed by atoms with Gasteiger partial charge in [-0.15, -0.1) is 0 Å². The van der Waals surface area contributed by atoms with Crippen LogP contribution in [0.2, 0.25) is 0 Å². The first-order valence-corrected chi connectivity index (χ1v) is 3.05. The van der Waals surface area contributed by atoms with Gasteiger partial charge in [-0.05, 0) is 0 Å². The van der Waals surface area contributed by atoms with Gasteiger partial charge in [0.05, 0.1) is 0 Å². The average Bonchev–Trinajstić information content (AvgIpc) is 1.97. The van der Waals surface area contributed by atoms with Crippen LogP contribution < -0.4 is 5.73 Å². The number of hydrogen-bond acceptors (Lipinski definition) is 3.